The van der Waals surface area contributed by atoms with Gasteiger partial charge in [-0.3, -0.25) is 24.7 Å². The molecule has 3 aromatic rings. The van der Waals surface area contributed by atoms with Crippen LogP contribution >= 0.6 is 0 Å². The number of fused-ring (bicyclic) bond motifs is 1. The van der Waals surface area contributed by atoms with Crippen LogP contribution in [-0.2, 0) is 17.8 Å². The minimum Gasteiger partial charge on any atom is -0.489 e. The number of ether oxygens (including phenoxy) is 1. The van der Waals surface area contributed by atoms with E-state index in [9.17, 15) is 14.8 Å². The number of amides is 2. The molecule has 2 heterocycles. The van der Waals surface area contributed by atoms with Gasteiger partial charge in [0.25, 0.3) is 5.91 Å². The maximum atomic E-state index is 12.5. The van der Waals surface area contributed by atoms with Crippen LogP contribution in [0.4, 0.5) is 0 Å². The molecule has 0 bridgehead atoms. The average Bonchev–Trinajstić information content (AvgIpc) is 2.86. The quantitative estimate of drug-likeness (QED) is 0.360. The third kappa shape index (κ3) is 5.30. The number of likely N-dealkylation sites (tertiary alicyclic amines) is 1. The fourth-order valence-corrected chi connectivity index (χ4v) is 4.41. The summed E-state index contributed by atoms with van der Waals surface area (Å²) in [7, 11) is 0. The van der Waals surface area contributed by atoms with Crippen molar-refractivity contribution in [2.24, 2.45) is 5.73 Å². The van der Waals surface area contributed by atoms with Crippen molar-refractivity contribution < 1.29 is 19.5 Å². The van der Waals surface area contributed by atoms with Gasteiger partial charge in [0.2, 0.25) is 5.91 Å². The lowest BCUT2D eigenvalue weighted by Gasteiger charge is -2.33. The molecule has 0 saturated carbocycles. The minimum absolute atomic E-state index is 0.236. The molecule has 1 fully saturated rings. The summed E-state index contributed by atoms with van der Waals surface area (Å²) < 4.78 is 6.05. The van der Waals surface area contributed by atoms with E-state index >= 15 is 0 Å². The van der Waals surface area contributed by atoms with Crippen molar-refractivity contribution in [2.75, 3.05) is 13.1 Å². The summed E-state index contributed by atoms with van der Waals surface area (Å²) in [6, 6.07) is 14.2. The molecule has 0 aliphatic carbocycles. The standard InChI is InChI=1S/C25H28N4O4/c26-24(30)21-9-8-19(33-16-17-10-11-27-22-7-3-2-6-20(17)22)14-18(21)15-23(25(31)28-32)29-12-4-1-5-13-29/h2-3,6-11,14,23,32H,1,4-5,12-13,15-16H2,(H2,26,30)(H,28,31)/t23-/m0/s1. The SMILES string of the molecule is NC(=O)c1ccc(OCc2ccnc3ccccc23)cc1C[C@@H](C(=O)NO)N1CCCCC1. The minimum atomic E-state index is -0.604. The van der Waals surface area contributed by atoms with Gasteiger partial charge in [-0.2, -0.15) is 0 Å². The Morgan fingerprint density at radius 1 is 1.09 bits per heavy atom. The summed E-state index contributed by atoms with van der Waals surface area (Å²) in [5.74, 6) is -0.502. The highest BCUT2D eigenvalue weighted by molar-refractivity contribution is 5.95. The molecular formula is C25H28N4O4. The Morgan fingerprint density at radius 3 is 2.64 bits per heavy atom. The highest BCUT2D eigenvalue weighted by Gasteiger charge is 2.28. The number of hydrogen-bond donors (Lipinski definition) is 3. The molecule has 8 nitrogen and oxygen atoms in total. The van der Waals surface area contributed by atoms with Gasteiger partial charge in [0.05, 0.1) is 11.6 Å². The molecule has 4 rings (SSSR count). The van der Waals surface area contributed by atoms with E-state index < -0.39 is 17.9 Å². The highest BCUT2D eigenvalue weighted by Crippen LogP contribution is 2.24. The predicted molar refractivity (Wildman–Crippen MR) is 124 cm³/mol. The van der Waals surface area contributed by atoms with E-state index in [-0.39, 0.29) is 6.42 Å². The number of para-hydroxylation sites is 1. The summed E-state index contributed by atoms with van der Waals surface area (Å²) in [6.07, 6.45) is 5.07. The van der Waals surface area contributed by atoms with Crippen LogP contribution in [-0.4, -0.2) is 46.0 Å². The molecule has 2 amide bonds. The molecule has 33 heavy (non-hydrogen) atoms. The first-order valence-electron chi connectivity index (χ1n) is 11.1. The summed E-state index contributed by atoms with van der Waals surface area (Å²) in [6.45, 7) is 1.84. The largest absolute Gasteiger partial charge is 0.489 e. The van der Waals surface area contributed by atoms with Crippen LogP contribution in [0.25, 0.3) is 10.9 Å². The lowest BCUT2D eigenvalue weighted by atomic mass is 9.96. The molecule has 4 N–H and O–H groups in total. The third-order valence-corrected chi connectivity index (χ3v) is 6.13. The average molecular weight is 449 g/mol. The molecule has 2 aromatic carbocycles. The first-order chi connectivity index (χ1) is 16.1. The van der Waals surface area contributed by atoms with Gasteiger partial charge < -0.3 is 10.5 Å². The normalized spacial score (nSPS) is 15.2. The molecule has 1 atom stereocenters. The molecule has 1 saturated heterocycles. The number of piperidine rings is 1. The molecular weight excluding hydrogens is 420 g/mol. The number of nitrogens with two attached hydrogens (primary N) is 1. The van der Waals surface area contributed by atoms with Gasteiger partial charge >= 0.3 is 0 Å². The lowest BCUT2D eigenvalue weighted by molar-refractivity contribution is -0.135. The Hall–Kier alpha value is -3.49. The molecule has 1 aromatic heterocycles. The molecule has 0 unspecified atom stereocenters. The van der Waals surface area contributed by atoms with E-state index in [4.69, 9.17) is 10.5 Å². The Kier molecular flexibility index (Phi) is 7.16. The number of carbonyl (C=O) groups excluding carboxylic acids is 2. The van der Waals surface area contributed by atoms with Crippen molar-refractivity contribution >= 4 is 22.7 Å². The Balaban J connectivity index is 1.58. The first-order valence-corrected chi connectivity index (χ1v) is 11.1. The summed E-state index contributed by atoms with van der Waals surface area (Å²) >= 11 is 0. The maximum absolute atomic E-state index is 12.5. The number of rotatable bonds is 8. The van der Waals surface area contributed by atoms with Gasteiger partial charge in [-0.15, -0.1) is 0 Å². The van der Waals surface area contributed by atoms with Gasteiger partial charge in [-0.05, 0) is 68.2 Å². The molecule has 1 aliphatic heterocycles. The van der Waals surface area contributed by atoms with Crippen LogP contribution in [0, 0.1) is 0 Å². The van der Waals surface area contributed by atoms with Gasteiger partial charge in [0.1, 0.15) is 12.4 Å². The number of primary amides is 1. The first kappa shape index (κ1) is 22.7. The Bertz CT molecular complexity index is 1140. The van der Waals surface area contributed by atoms with Crippen LogP contribution in [0.15, 0.2) is 54.7 Å². The predicted octanol–water partition coefficient (Wildman–Crippen LogP) is 2.82. The van der Waals surface area contributed by atoms with Gasteiger partial charge in [-0.1, -0.05) is 24.6 Å². The number of hydroxylamine groups is 1. The van der Waals surface area contributed by atoms with Crippen molar-refractivity contribution in [2.45, 2.75) is 38.3 Å². The fourth-order valence-electron chi connectivity index (χ4n) is 4.41. The van der Waals surface area contributed by atoms with E-state index in [1.807, 2.05) is 35.2 Å². The van der Waals surface area contributed by atoms with Crippen molar-refractivity contribution in [1.82, 2.24) is 15.4 Å². The van der Waals surface area contributed by atoms with Gasteiger partial charge in [-0.25, -0.2) is 5.48 Å². The molecule has 0 radical (unpaired) electrons. The number of nitrogens with one attached hydrogen (secondary N) is 1. The zero-order valence-electron chi connectivity index (χ0n) is 18.4. The zero-order chi connectivity index (χ0) is 23.2. The van der Waals surface area contributed by atoms with Crippen molar-refractivity contribution in [1.29, 1.82) is 0 Å². The number of aromatic nitrogens is 1. The van der Waals surface area contributed by atoms with Crippen LogP contribution in [0.3, 0.4) is 0 Å². The molecule has 8 heteroatoms. The van der Waals surface area contributed by atoms with Crippen LogP contribution in [0.1, 0.15) is 40.7 Å². The van der Waals surface area contributed by atoms with Crippen LogP contribution in [0.5, 0.6) is 5.75 Å². The summed E-state index contributed by atoms with van der Waals surface area (Å²) in [4.78, 5) is 30.9. The topological polar surface area (TPSA) is 118 Å². The number of pyridine rings is 1. The monoisotopic (exact) mass is 448 g/mol. The zero-order valence-corrected chi connectivity index (χ0v) is 18.4. The summed E-state index contributed by atoms with van der Waals surface area (Å²) in [5.41, 5.74) is 10.2. The number of hydrogen-bond acceptors (Lipinski definition) is 6. The van der Waals surface area contributed by atoms with Gasteiger partial charge in [0.15, 0.2) is 0 Å². The van der Waals surface area contributed by atoms with Crippen LogP contribution < -0.4 is 16.0 Å². The van der Waals surface area contributed by atoms with Crippen LogP contribution in [0.2, 0.25) is 0 Å². The van der Waals surface area contributed by atoms with Crippen molar-refractivity contribution in [3.05, 3.63) is 71.4 Å². The smallest absolute Gasteiger partial charge is 0.261 e. The number of nitrogens with zero attached hydrogens (tertiary/aromatic N) is 2. The number of benzene rings is 2. The highest BCUT2D eigenvalue weighted by atomic mass is 16.5. The van der Waals surface area contributed by atoms with E-state index in [1.54, 1.807) is 29.9 Å². The Morgan fingerprint density at radius 2 is 1.88 bits per heavy atom. The van der Waals surface area contributed by atoms with Crippen molar-refractivity contribution in [3.8, 4) is 5.75 Å². The second kappa shape index (κ2) is 10.4. The summed E-state index contributed by atoms with van der Waals surface area (Å²) in [5, 5.41) is 10.3. The lowest BCUT2D eigenvalue weighted by Crippen LogP contribution is -2.49. The fraction of sp³-hybridized carbons (Fsp3) is 0.320. The van der Waals surface area contributed by atoms with E-state index in [0.717, 1.165) is 48.8 Å². The second-order valence-corrected chi connectivity index (χ2v) is 8.25. The molecule has 0 spiro atoms. The second-order valence-electron chi connectivity index (χ2n) is 8.25. The maximum Gasteiger partial charge on any atom is 0.261 e. The molecule has 172 valence electrons. The van der Waals surface area contributed by atoms with E-state index in [2.05, 4.69) is 4.98 Å². The van der Waals surface area contributed by atoms with E-state index in [0.29, 0.717) is 23.5 Å². The number of carbonyl (C=O) groups is 2. The molecule has 1 aliphatic rings. The van der Waals surface area contributed by atoms with Gasteiger partial charge in [0, 0.05) is 22.7 Å². The Labute approximate surface area is 192 Å². The third-order valence-electron chi connectivity index (χ3n) is 6.13. The van der Waals surface area contributed by atoms with Crippen molar-refractivity contribution in [3.63, 3.8) is 0 Å². The van der Waals surface area contributed by atoms with E-state index in [1.165, 1.54) is 0 Å².